The number of carbonyl (C=O) groups excluding carboxylic acids is 1. The van der Waals surface area contributed by atoms with Crippen molar-refractivity contribution in [2.75, 3.05) is 11.9 Å². The lowest BCUT2D eigenvalue weighted by molar-refractivity contribution is -0.116. The predicted molar refractivity (Wildman–Crippen MR) is 111 cm³/mol. The number of aliphatic hydroxyl groups excluding tert-OH is 1. The average molecular weight is 459 g/mol. The van der Waals surface area contributed by atoms with E-state index in [2.05, 4.69) is 4.98 Å². The number of pyridine rings is 1. The van der Waals surface area contributed by atoms with E-state index in [0.29, 0.717) is 0 Å². The van der Waals surface area contributed by atoms with Gasteiger partial charge in [-0.3, -0.25) is 4.79 Å². The fourth-order valence-electron chi connectivity index (χ4n) is 3.18. The quantitative estimate of drug-likeness (QED) is 0.712. The molecule has 1 N–H and O–H groups in total. The molecule has 0 aliphatic carbocycles. The summed E-state index contributed by atoms with van der Waals surface area (Å²) in [6, 6.07) is 3.76. The summed E-state index contributed by atoms with van der Waals surface area (Å²) in [7, 11) is -2.80. The molecule has 1 amide bonds. The molecule has 6 nitrogen and oxygen atoms in total. The lowest BCUT2D eigenvalue weighted by Gasteiger charge is -2.33. The van der Waals surface area contributed by atoms with Crippen LogP contribution in [0.25, 0.3) is 10.7 Å². The van der Waals surface area contributed by atoms with E-state index < -0.39 is 31.1 Å². The van der Waals surface area contributed by atoms with E-state index in [1.54, 1.807) is 0 Å². The summed E-state index contributed by atoms with van der Waals surface area (Å²) >= 11 is 12.6. The number of amides is 1. The molecule has 0 fully saturated rings. The van der Waals surface area contributed by atoms with E-state index in [0.717, 1.165) is 12.3 Å². The van der Waals surface area contributed by atoms with Gasteiger partial charge < -0.3 is 10.0 Å². The Hall–Kier alpha value is -2.16. The zero-order chi connectivity index (χ0) is 21.9. The molecule has 1 aromatic heterocycles. The number of aliphatic hydroxyl groups is 1. The number of anilines is 1. The molecule has 0 saturated heterocycles. The fraction of sp³-hybridized carbons (Fsp3) is 0.263. The third kappa shape index (κ3) is 3.10. The number of rotatable bonds is 2. The fourth-order valence-corrected chi connectivity index (χ4v) is 5.72. The van der Waals surface area contributed by atoms with E-state index in [1.165, 1.54) is 44.9 Å². The highest BCUT2D eigenvalue weighted by Gasteiger charge is 2.48. The Morgan fingerprint density at radius 1 is 1.28 bits per heavy atom. The largest absolute Gasteiger partial charge is 0.504 e. The number of hydrogen-bond donors (Lipinski definition) is 1. The molecule has 1 aromatic carbocycles. The second-order valence-corrected chi connectivity index (χ2v) is 10.3. The number of fused-ring (bicyclic) bond motifs is 1. The average Bonchev–Trinajstić information content (AvgIpc) is 2.62. The molecule has 3 rings (SSSR count). The Morgan fingerprint density at radius 2 is 1.90 bits per heavy atom. The number of aromatic nitrogens is 1. The predicted octanol–water partition coefficient (Wildman–Crippen LogP) is 4.56. The van der Waals surface area contributed by atoms with Crippen LogP contribution in [0.2, 0.25) is 10.0 Å². The Morgan fingerprint density at radius 3 is 2.48 bits per heavy atom. The highest BCUT2D eigenvalue weighted by molar-refractivity contribution is 8.01. The van der Waals surface area contributed by atoms with Crippen LogP contribution in [0.15, 0.2) is 24.4 Å². The molecule has 1 aliphatic heterocycles. The number of sulfone groups is 1. The molecule has 0 spiro atoms. The van der Waals surface area contributed by atoms with E-state index in [4.69, 9.17) is 23.2 Å². The molecule has 1 aliphatic rings. The molecule has 10 heteroatoms. The topological polar surface area (TPSA) is 87.6 Å². The number of nitrogens with zero attached hydrogens (tertiary/aromatic N) is 2. The zero-order valence-electron chi connectivity index (χ0n) is 15.9. The molecule has 2 aromatic rings. The van der Waals surface area contributed by atoms with Crippen LogP contribution in [0.1, 0.15) is 37.6 Å². The van der Waals surface area contributed by atoms with Crippen LogP contribution < -0.4 is 4.90 Å². The van der Waals surface area contributed by atoms with Gasteiger partial charge in [-0.15, -0.1) is 0 Å². The number of hydrogen-bond acceptors (Lipinski definition) is 5. The minimum Gasteiger partial charge on any atom is -0.504 e. The molecule has 2 heterocycles. The minimum atomic E-state index is -4.24. The van der Waals surface area contributed by atoms with E-state index in [9.17, 15) is 22.7 Å². The van der Waals surface area contributed by atoms with Gasteiger partial charge in [0.15, 0.2) is 15.6 Å². The smallest absolute Gasteiger partial charge is 0.223 e. The monoisotopic (exact) mass is 458 g/mol. The third-order valence-corrected chi connectivity index (χ3v) is 8.20. The molecule has 0 unspecified atom stereocenters. The maximum Gasteiger partial charge on any atom is 0.223 e. The van der Waals surface area contributed by atoms with E-state index in [1.807, 2.05) is 0 Å². The molecule has 0 radical (unpaired) electrons. The lowest BCUT2D eigenvalue weighted by Crippen LogP contribution is -2.35. The van der Waals surface area contributed by atoms with Crippen molar-refractivity contribution >= 4 is 55.3 Å². The minimum absolute atomic E-state index is 0.0323. The van der Waals surface area contributed by atoms with Gasteiger partial charge in [0.25, 0.3) is 0 Å². The summed E-state index contributed by atoms with van der Waals surface area (Å²) in [5, 5.41) is 10.8. The normalized spacial score (nSPS) is 17.1. The molecule has 154 valence electrons. The summed E-state index contributed by atoms with van der Waals surface area (Å²) in [6.07, 6.45) is 0.888. The van der Waals surface area contributed by atoms with Crippen molar-refractivity contribution in [3.63, 3.8) is 0 Å². The second-order valence-electron chi connectivity index (χ2n) is 7.08. The number of carbonyl (C=O) groups is 1. The van der Waals surface area contributed by atoms with Gasteiger partial charge in [0.2, 0.25) is 5.91 Å². The van der Waals surface area contributed by atoms with Crippen LogP contribution in [0, 0.1) is 5.82 Å². The lowest BCUT2D eigenvalue weighted by atomic mass is 9.97. The summed E-state index contributed by atoms with van der Waals surface area (Å²) in [6.45, 7) is 4.08. The van der Waals surface area contributed by atoms with Gasteiger partial charge in [-0.1, -0.05) is 29.3 Å². The van der Waals surface area contributed by atoms with E-state index >= 15 is 0 Å². The standard InChI is InChI=1S/C19H17Cl2FN2O4S/c1-9(25)24(4)16-13(20)6-5-11(14(16)21)18-17(26)15-12(7-10(22)8-23-15)19(2,3)29(18,27)28/h5-8,26H,1-4H3. The molecule has 0 bridgehead atoms. The van der Waals surface area contributed by atoms with Crippen molar-refractivity contribution in [1.82, 2.24) is 4.98 Å². The summed E-state index contributed by atoms with van der Waals surface area (Å²) in [5.41, 5.74) is 0.0321. The summed E-state index contributed by atoms with van der Waals surface area (Å²) < 4.78 is 39.0. The Kier molecular flexibility index (Phi) is 5.18. The van der Waals surface area contributed by atoms with Gasteiger partial charge in [0.1, 0.15) is 16.4 Å². The molecule has 0 atom stereocenters. The van der Waals surface area contributed by atoms with Crippen LogP contribution in [-0.4, -0.2) is 31.5 Å². The first-order chi connectivity index (χ1) is 13.3. The SMILES string of the molecule is CC(=O)N(C)c1c(Cl)ccc(C2=C(O)c3ncc(F)cc3C(C)(C)S2(=O)=O)c1Cl. The van der Waals surface area contributed by atoms with Crippen molar-refractivity contribution < 1.29 is 22.7 Å². The molecular formula is C19H17Cl2FN2O4S. The highest BCUT2D eigenvalue weighted by atomic mass is 35.5. The second kappa shape index (κ2) is 6.97. The van der Waals surface area contributed by atoms with Gasteiger partial charge >= 0.3 is 0 Å². The van der Waals surface area contributed by atoms with Crippen molar-refractivity contribution in [3.8, 4) is 0 Å². The van der Waals surface area contributed by atoms with Crippen LogP contribution in [0.3, 0.4) is 0 Å². The van der Waals surface area contributed by atoms with E-state index in [-0.39, 0.29) is 38.5 Å². The van der Waals surface area contributed by atoms with Gasteiger partial charge in [-0.2, -0.15) is 0 Å². The summed E-state index contributed by atoms with van der Waals surface area (Å²) in [4.78, 5) is 16.4. The molecule has 0 saturated carbocycles. The van der Waals surface area contributed by atoms with Crippen LogP contribution in [0.4, 0.5) is 10.1 Å². The van der Waals surface area contributed by atoms with Crippen LogP contribution in [0.5, 0.6) is 0 Å². The van der Waals surface area contributed by atoms with Crippen molar-refractivity contribution in [3.05, 3.63) is 57.1 Å². The number of halogens is 3. The Balaban J connectivity index is 2.42. The third-order valence-electron chi connectivity index (χ3n) is 5.00. The maximum absolute atomic E-state index is 13.7. The number of benzene rings is 1. The highest BCUT2D eigenvalue weighted by Crippen LogP contribution is 2.50. The van der Waals surface area contributed by atoms with Crippen LogP contribution >= 0.6 is 23.2 Å². The van der Waals surface area contributed by atoms with Crippen molar-refractivity contribution in [1.29, 1.82) is 0 Å². The van der Waals surface area contributed by atoms with Crippen LogP contribution in [-0.2, 0) is 19.4 Å². The Labute approximate surface area is 177 Å². The maximum atomic E-state index is 13.7. The first kappa shape index (κ1) is 21.5. The van der Waals surface area contributed by atoms with Gasteiger partial charge in [-0.05, 0) is 26.0 Å². The van der Waals surface area contributed by atoms with Gasteiger partial charge in [-0.25, -0.2) is 17.8 Å². The van der Waals surface area contributed by atoms with Crippen molar-refractivity contribution in [2.24, 2.45) is 0 Å². The Bertz CT molecular complexity index is 1190. The first-order valence-corrected chi connectivity index (χ1v) is 10.6. The first-order valence-electron chi connectivity index (χ1n) is 8.39. The van der Waals surface area contributed by atoms with Gasteiger partial charge in [0, 0.05) is 25.1 Å². The summed E-state index contributed by atoms with van der Waals surface area (Å²) in [5.74, 6) is -1.75. The van der Waals surface area contributed by atoms with Crippen molar-refractivity contribution in [2.45, 2.75) is 25.5 Å². The zero-order valence-corrected chi connectivity index (χ0v) is 18.2. The van der Waals surface area contributed by atoms with Gasteiger partial charge in [0.05, 0.1) is 26.7 Å². The molecule has 29 heavy (non-hydrogen) atoms. The molecular weight excluding hydrogens is 442 g/mol.